The van der Waals surface area contributed by atoms with Crippen LogP contribution in [0.4, 0.5) is 5.69 Å². The second-order valence-corrected chi connectivity index (χ2v) is 7.30. The summed E-state index contributed by atoms with van der Waals surface area (Å²) in [6, 6.07) is 8.35. The minimum atomic E-state index is -1.01. The number of amides is 1. The number of carbonyl (C=O) groups is 2. The number of benzene rings is 1. The van der Waals surface area contributed by atoms with Gasteiger partial charge in [-0.05, 0) is 18.6 Å². The Kier molecular flexibility index (Phi) is 5.02. The van der Waals surface area contributed by atoms with Gasteiger partial charge in [-0.15, -0.1) is 0 Å². The van der Waals surface area contributed by atoms with Crippen LogP contribution >= 0.6 is 0 Å². The second-order valence-electron chi connectivity index (χ2n) is 7.30. The standard InChI is InChI=1S/C18H25N7O3/c1-3-11-14-15(20-21-16(14)24(2)22-11)19-17(26)12-9-13(18(27)28)25(23-12)10-7-5-4-6-8-10/h4-8,11,13-16,20-22H,3,9H2,1-2H3,(H,19,26)(H,27,28). The second kappa shape index (κ2) is 7.47. The number of hydrazone groups is 1. The normalized spacial score (nSPS) is 32.3. The molecule has 0 saturated carbocycles. The first-order chi connectivity index (χ1) is 13.5. The summed E-state index contributed by atoms with van der Waals surface area (Å²) >= 11 is 0. The van der Waals surface area contributed by atoms with Gasteiger partial charge in [-0.2, -0.15) is 5.10 Å². The molecule has 0 bridgehead atoms. The van der Waals surface area contributed by atoms with Crippen LogP contribution in [0.25, 0.3) is 0 Å². The molecule has 2 saturated heterocycles. The Labute approximate surface area is 162 Å². The molecule has 1 amide bonds. The lowest BCUT2D eigenvalue weighted by molar-refractivity contribution is -0.138. The number of anilines is 1. The Balaban J connectivity index is 1.50. The number of carboxylic acids is 1. The van der Waals surface area contributed by atoms with E-state index in [2.05, 4.69) is 33.6 Å². The number of hydrazine groups is 2. The Morgan fingerprint density at radius 2 is 2.04 bits per heavy atom. The number of para-hydroxylation sites is 1. The van der Waals surface area contributed by atoms with E-state index in [-0.39, 0.29) is 42.3 Å². The first kappa shape index (κ1) is 18.8. The number of hydrogen-bond donors (Lipinski definition) is 5. The van der Waals surface area contributed by atoms with Crippen LogP contribution in [-0.2, 0) is 9.59 Å². The van der Waals surface area contributed by atoms with Crippen LogP contribution < -0.4 is 26.6 Å². The van der Waals surface area contributed by atoms with E-state index in [0.717, 1.165) is 6.42 Å². The van der Waals surface area contributed by atoms with Crippen LogP contribution in [0.1, 0.15) is 19.8 Å². The maximum absolute atomic E-state index is 12.8. The van der Waals surface area contributed by atoms with Crippen LogP contribution in [0.15, 0.2) is 35.4 Å². The third-order valence-corrected chi connectivity index (χ3v) is 5.59. The molecule has 28 heavy (non-hydrogen) atoms. The summed E-state index contributed by atoms with van der Waals surface area (Å²) in [6.45, 7) is 2.10. The van der Waals surface area contributed by atoms with E-state index in [1.165, 1.54) is 5.01 Å². The smallest absolute Gasteiger partial charge is 0.328 e. The number of carboxylic acid groups (broad SMARTS) is 1. The Hall–Kier alpha value is -2.53. The number of nitrogens with zero attached hydrogens (tertiary/aromatic N) is 3. The summed E-state index contributed by atoms with van der Waals surface area (Å²) in [7, 11) is 1.96. The summed E-state index contributed by atoms with van der Waals surface area (Å²) in [5, 5.41) is 20.3. The number of aliphatic carboxylic acids is 1. The van der Waals surface area contributed by atoms with Gasteiger partial charge >= 0.3 is 5.97 Å². The summed E-state index contributed by atoms with van der Waals surface area (Å²) in [5.74, 6) is -1.22. The number of hydrogen-bond acceptors (Lipinski definition) is 8. The fraction of sp³-hybridized carbons (Fsp3) is 0.500. The molecule has 10 nitrogen and oxygen atoms in total. The molecule has 3 aliphatic rings. The van der Waals surface area contributed by atoms with Gasteiger partial charge in [0.15, 0.2) is 6.04 Å². The molecular weight excluding hydrogens is 362 g/mol. The van der Waals surface area contributed by atoms with E-state index in [4.69, 9.17) is 0 Å². The molecule has 5 atom stereocenters. The van der Waals surface area contributed by atoms with Crippen molar-refractivity contribution in [1.29, 1.82) is 0 Å². The summed E-state index contributed by atoms with van der Waals surface area (Å²) in [6.07, 6.45) is 0.759. The first-order valence-electron chi connectivity index (χ1n) is 9.45. The van der Waals surface area contributed by atoms with Crippen LogP contribution in [-0.4, -0.2) is 59.2 Å². The van der Waals surface area contributed by atoms with Crippen molar-refractivity contribution in [3.05, 3.63) is 30.3 Å². The number of nitrogens with one attached hydrogen (secondary N) is 4. The maximum atomic E-state index is 12.8. The van der Waals surface area contributed by atoms with Crippen molar-refractivity contribution in [2.24, 2.45) is 11.0 Å². The molecule has 5 N–H and O–H groups in total. The summed E-state index contributed by atoms with van der Waals surface area (Å²) < 4.78 is 0. The van der Waals surface area contributed by atoms with Crippen molar-refractivity contribution in [3.63, 3.8) is 0 Å². The number of fused-ring (bicyclic) bond motifs is 1. The van der Waals surface area contributed by atoms with Gasteiger partial charge < -0.3 is 10.4 Å². The largest absolute Gasteiger partial charge is 0.480 e. The highest BCUT2D eigenvalue weighted by Gasteiger charge is 2.49. The van der Waals surface area contributed by atoms with Gasteiger partial charge in [0, 0.05) is 25.4 Å². The molecule has 3 aliphatic heterocycles. The average molecular weight is 387 g/mol. The van der Waals surface area contributed by atoms with E-state index in [1.807, 2.05) is 30.3 Å². The van der Waals surface area contributed by atoms with Crippen molar-refractivity contribution in [1.82, 2.24) is 26.6 Å². The van der Waals surface area contributed by atoms with Gasteiger partial charge in [-0.3, -0.25) is 15.2 Å². The maximum Gasteiger partial charge on any atom is 0.328 e. The molecule has 3 heterocycles. The third kappa shape index (κ3) is 3.24. The third-order valence-electron chi connectivity index (χ3n) is 5.59. The molecular formula is C18H25N7O3. The zero-order valence-corrected chi connectivity index (χ0v) is 15.8. The molecule has 150 valence electrons. The van der Waals surface area contributed by atoms with E-state index >= 15 is 0 Å². The highest BCUT2D eigenvalue weighted by molar-refractivity contribution is 6.40. The predicted molar refractivity (Wildman–Crippen MR) is 103 cm³/mol. The molecule has 0 aromatic heterocycles. The van der Waals surface area contributed by atoms with Crippen molar-refractivity contribution < 1.29 is 14.7 Å². The van der Waals surface area contributed by atoms with Gasteiger partial charge in [-0.1, -0.05) is 25.1 Å². The molecule has 1 aromatic rings. The molecule has 0 radical (unpaired) electrons. The minimum Gasteiger partial charge on any atom is -0.480 e. The van der Waals surface area contributed by atoms with Gasteiger partial charge in [0.25, 0.3) is 5.91 Å². The molecule has 4 rings (SSSR count). The monoisotopic (exact) mass is 387 g/mol. The van der Waals surface area contributed by atoms with E-state index < -0.39 is 12.0 Å². The van der Waals surface area contributed by atoms with Crippen LogP contribution in [0, 0.1) is 5.92 Å². The van der Waals surface area contributed by atoms with Crippen molar-refractivity contribution in [2.75, 3.05) is 12.1 Å². The Morgan fingerprint density at radius 3 is 2.71 bits per heavy atom. The molecule has 5 unspecified atom stereocenters. The van der Waals surface area contributed by atoms with Crippen LogP contribution in [0.2, 0.25) is 0 Å². The van der Waals surface area contributed by atoms with E-state index in [0.29, 0.717) is 5.69 Å². The quantitative estimate of drug-likeness (QED) is 0.455. The lowest BCUT2D eigenvalue weighted by Gasteiger charge is -2.22. The summed E-state index contributed by atoms with van der Waals surface area (Å²) in [4.78, 5) is 24.5. The SMILES string of the molecule is CCC1NN(C)C2NNC(NC(=O)C3=NN(c4ccccc4)C(C(=O)O)C3)C12. The zero-order valence-electron chi connectivity index (χ0n) is 15.8. The molecule has 1 aromatic carbocycles. The van der Waals surface area contributed by atoms with Gasteiger partial charge in [0.1, 0.15) is 5.71 Å². The van der Waals surface area contributed by atoms with Gasteiger partial charge in [0.05, 0.1) is 18.0 Å². The first-order valence-corrected chi connectivity index (χ1v) is 9.45. The van der Waals surface area contributed by atoms with Crippen molar-refractivity contribution in [2.45, 2.75) is 44.2 Å². The number of rotatable bonds is 5. The lowest BCUT2D eigenvalue weighted by Crippen LogP contribution is -2.53. The molecule has 0 spiro atoms. The molecule has 2 fully saturated rings. The van der Waals surface area contributed by atoms with Gasteiger partial charge in [0.2, 0.25) is 0 Å². The zero-order chi connectivity index (χ0) is 19.8. The Morgan fingerprint density at radius 1 is 1.29 bits per heavy atom. The molecule has 0 aliphatic carbocycles. The van der Waals surface area contributed by atoms with E-state index in [9.17, 15) is 14.7 Å². The summed E-state index contributed by atoms with van der Waals surface area (Å²) in [5.41, 5.74) is 10.6. The van der Waals surface area contributed by atoms with Gasteiger partial charge in [-0.25, -0.2) is 20.7 Å². The predicted octanol–water partition coefficient (Wildman–Crippen LogP) is -0.573. The average Bonchev–Trinajstić information content (AvgIpc) is 3.38. The highest BCUT2D eigenvalue weighted by atomic mass is 16.4. The topological polar surface area (TPSA) is 121 Å². The van der Waals surface area contributed by atoms with Crippen molar-refractivity contribution in [3.8, 4) is 0 Å². The lowest BCUT2D eigenvalue weighted by atomic mass is 9.95. The fourth-order valence-corrected chi connectivity index (χ4v) is 4.16. The number of carbonyl (C=O) groups excluding carboxylic acids is 1. The van der Waals surface area contributed by atoms with E-state index in [1.54, 1.807) is 12.1 Å². The minimum absolute atomic E-state index is 0.0552. The highest BCUT2D eigenvalue weighted by Crippen LogP contribution is 2.28. The van der Waals surface area contributed by atoms with Crippen LogP contribution in [0.3, 0.4) is 0 Å². The Bertz CT molecular complexity index is 787. The van der Waals surface area contributed by atoms with Crippen molar-refractivity contribution >= 4 is 23.3 Å². The molecule has 10 heteroatoms. The van der Waals surface area contributed by atoms with Crippen LogP contribution in [0.5, 0.6) is 0 Å². The fourth-order valence-electron chi connectivity index (χ4n) is 4.16.